The average Bonchev–Trinajstić information content (AvgIpc) is 2.91. The summed E-state index contributed by atoms with van der Waals surface area (Å²) in [5.74, 6) is -0.0120. The molecular formula is C19H32N2O4S2. The Morgan fingerprint density at radius 3 is 2.15 bits per heavy atom. The van der Waals surface area contributed by atoms with Crippen LogP contribution in [-0.4, -0.2) is 46.9 Å². The van der Waals surface area contributed by atoms with Crippen LogP contribution in [0.1, 0.15) is 41.0 Å². The van der Waals surface area contributed by atoms with Crippen LogP contribution in [0.5, 0.6) is 0 Å². The van der Waals surface area contributed by atoms with Crippen molar-refractivity contribution in [2.24, 2.45) is 16.2 Å². The largest absolute Gasteiger partial charge is 0.390 e. The predicted molar refractivity (Wildman–Crippen MR) is 110 cm³/mol. The Hall–Kier alpha value is -0.960. The Labute approximate surface area is 164 Å². The van der Waals surface area contributed by atoms with Gasteiger partial charge in [0.25, 0.3) is 0 Å². The number of nitrogens with zero attached hydrogens (tertiary/aromatic N) is 1. The molecule has 2 rings (SSSR count). The molecule has 5 atom stereocenters. The number of rotatable bonds is 5. The molecular weight excluding hydrogens is 384 g/mol. The third-order valence-corrected chi connectivity index (χ3v) is 10.4. The van der Waals surface area contributed by atoms with Gasteiger partial charge >= 0.3 is 0 Å². The highest BCUT2D eigenvalue weighted by Crippen LogP contribution is 2.39. The van der Waals surface area contributed by atoms with Gasteiger partial charge < -0.3 is 5.11 Å². The highest BCUT2D eigenvalue weighted by molar-refractivity contribution is 7.94. The fraction of sp³-hybridized carbons (Fsp3) is 0.684. The molecule has 0 aromatic heterocycles. The smallest absolute Gasteiger partial charge is 0.216 e. The minimum atomic E-state index is -3.65. The Bertz CT molecular complexity index is 867. The van der Waals surface area contributed by atoms with Gasteiger partial charge in [-0.25, -0.2) is 21.7 Å². The SMILES string of the molecule is CN=[S@@](=O)(c1ccccc1)[C@@H]1C[C@@H](C(C)C)[C@H](NS(=O)(=O)C(C)(C)C)[C@@H]1O. The summed E-state index contributed by atoms with van der Waals surface area (Å²) in [6, 6.07) is 8.23. The molecule has 1 aliphatic carbocycles. The van der Waals surface area contributed by atoms with Crippen molar-refractivity contribution in [3.63, 3.8) is 0 Å². The number of sulfonamides is 1. The van der Waals surface area contributed by atoms with Crippen LogP contribution in [0.4, 0.5) is 0 Å². The fourth-order valence-electron chi connectivity index (χ4n) is 3.59. The summed E-state index contributed by atoms with van der Waals surface area (Å²) in [5.41, 5.74) is 0. The highest BCUT2D eigenvalue weighted by atomic mass is 32.2. The number of aliphatic hydroxyl groups excluding tert-OH is 1. The highest BCUT2D eigenvalue weighted by Gasteiger charge is 2.50. The van der Waals surface area contributed by atoms with E-state index in [4.69, 9.17) is 0 Å². The molecule has 0 heterocycles. The van der Waals surface area contributed by atoms with Gasteiger partial charge in [0.05, 0.1) is 31.9 Å². The summed E-state index contributed by atoms with van der Waals surface area (Å²) in [7, 11) is -5.04. The van der Waals surface area contributed by atoms with E-state index < -0.39 is 41.9 Å². The maximum absolute atomic E-state index is 13.7. The standard InChI is InChI=1S/C19H32N2O4S2/c1-13(2)15-12-16(26(23,20-6)14-10-8-7-9-11-14)18(22)17(15)21-27(24,25)19(3,4)5/h7-11,13,15-18,21-22H,12H2,1-6H3/t15-,16+,17-,18+,26+/m0/s1. The lowest BCUT2D eigenvalue weighted by Gasteiger charge is -2.30. The molecule has 1 fully saturated rings. The molecule has 1 saturated carbocycles. The lowest BCUT2D eigenvalue weighted by molar-refractivity contribution is 0.143. The molecule has 2 N–H and O–H groups in total. The van der Waals surface area contributed by atoms with Crippen molar-refractivity contribution in [3.05, 3.63) is 30.3 Å². The molecule has 6 nitrogen and oxygen atoms in total. The first-order chi connectivity index (χ1) is 12.3. The number of nitrogens with one attached hydrogen (secondary N) is 1. The molecule has 1 aromatic carbocycles. The van der Waals surface area contributed by atoms with E-state index in [9.17, 15) is 17.7 Å². The predicted octanol–water partition coefficient (Wildman–Crippen LogP) is 2.64. The van der Waals surface area contributed by atoms with Crippen LogP contribution in [-0.2, 0) is 19.8 Å². The molecule has 1 aromatic rings. The maximum atomic E-state index is 13.7. The minimum absolute atomic E-state index is 0.119. The zero-order valence-corrected chi connectivity index (χ0v) is 18.5. The molecule has 154 valence electrons. The van der Waals surface area contributed by atoms with Crippen LogP contribution in [0.25, 0.3) is 0 Å². The Morgan fingerprint density at radius 2 is 1.70 bits per heavy atom. The van der Waals surface area contributed by atoms with Crippen LogP contribution < -0.4 is 4.72 Å². The number of hydrogen-bond donors (Lipinski definition) is 2. The zero-order valence-electron chi connectivity index (χ0n) is 16.9. The number of aliphatic hydroxyl groups is 1. The first kappa shape index (κ1) is 22.3. The summed E-state index contributed by atoms with van der Waals surface area (Å²) in [4.78, 5) is 0.568. The van der Waals surface area contributed by atoms with E-state index in [0.717, 1.165) is 0 Å². The van der Waals surface area contributed by atoms with Crippen molar-refractivity contribution < 1.29 is 17.7 Å². The third kappa shape index (κ3) is 4.23. The number of hydrogen-bond acceptors (Lipinski definition) is 5. The lowest BCUT2D eigenvalue weighted by atomic mass is 9.91. The van der Waals surface area contributed by atoms with E-state index in [2.05, 4.69) is 9.08 Å². The van der Waals surface area contributed by atoms with Crippen LogP contribution in [0, 0.1) is 11.8 Å². The molecule has 0 saturated heterocycles. The molecule has 0 bridgehead atoms. The van der Waals surface area contributed by atoms with E-state index >= 15 is 0 Å². The Balaban J connectivity index is 2.47. The van der Waals surface area contributed by atoms with E-state index in [-0.39, 0.29) is 11.8 Å². The van der Waals surface area contributed by atoms with E-state index in [1.165, 1.54) is 7.05 Å². The summed E-state index contributed by atoms with van der Waals surface area (Å²) in [6.45, 7) is 8.84. The zero-order chi connectivity index (χ0) is 20.6. The van der Waals surface area contributed by atoms with Gasteiger partial charge in [0.1, 0.15) is 0 Å². The first-order valence-corrected chi connectivity index (χ1v) is 12.3. The van der Waals surface area contributed by atoms with Crippen LogP contribution in [0.2, 0.25) is 0 Å². The van der Waals surface area contributed by atoms with E-state index in [1.54, 1.807) is 45.0 Å². The van der Waals surface area contributed by atoms with Crippen molar-refractivity contribution in [2.75, 3.05) is 7.05 Å². The van der Waals surface area contributed by atoms with Gasteiger partial charge in [-0.15, -0.1) is 0 Å². The fourth-order valence-corrected chi connectivity index (χ4v) is 7.02. The average molecular weight is 417 g/mol. The normalized spacial score (nSPS) is 28.9. The van der Waals surface area contributed by atoms with Gasteiger partial charge in [-0.3, -0.25) is 0 Å². The molecule has 0 spiro atoms. The quantitative estimate of drug-likeness (QED) is 0.771. The molecule has 27 heavy (non-hydrogen) atoms. The van der Waals surface area contributed by atoms with Crippen molar-refractivity contribution in [1.82, 2.24) is 4.72 Å². The van der Waals surface area contributed by atoms with Crippen LogP contribution in [0.15, 0.2) is 39.6 Å². The minimum Gasteiger partial charge on any atom is -0.390 e. The molecule has 0 unspecified atom stereocenters. The van der Waals surface area contributed by atoms with Crippen molar-refractivity contribution in [2.45, 2.75) is 68.1 Å². The van der Waals surface area contributed by atoms with Crippen molar-refractivity contribution in [3.8, 4) is 0 Å². The van der Waals surface area contributed by atoms with Gasteiger partial charge in [-0.2, -0.15) is 0 Å². The van der Waals surface area contributed by atoms with Gasteiger partial charge in [-0.05, 0) is 51.2 Å². The monoisotopic (exact) mass is 416 g/mol. The summed E-state index contributed by atoms with van der Waals surface area (Å²) >= 11 is 0. The lowest BCUT2D eigenvalue weighted by Crippen LogP contribution is -2.52. The molecule has 0 aliphatic heterocycles. The molecule has 8 heteroatoms. The van der Waals surface area contributed by atoms with Crippen LogP contribution in [0.3, 0.4) is 0 Å². The van der Waals surface area contributed by atoms with Gasteiger partial charge in [0.15, 0.2) is 0 Å². The van der Waals surface area contributed by atoms with Crippen LogP contribution >= 0.6 is 0 Å². The second kappa shape index (κ2) is 7.81. The Kier molecular flexibility index (Phi) is 6.46. The van der Waals surface area contributed by atoms with Gasteiger partial charge in [0.2, 0.25) is 10.0 Å². The first-order valence-electron chi connectivity index (χ1n) is 9.24. The van der Waals surface area contributed by atoms with Gasteiger partial charge in [-0.1, -0.05) is 32.0 Å². The summed E-state index contributed by atoms with van der Waals surface area (Å²) < 4.78 is 45.0. The molecule has 0 amide bonds. The second-order valence-corrected chi connectivity index (χ2v) is 13.5. The van der Waals surface area contributed by atoms with Crippen molar-refractivity contribution >= 4 is 19.8 Å². The molecule has 0 radical (unpaired) electrons. The van der Waals surface area contributed by atoms with E-state index in [1.807, 2.05) is 19.9 Å². The molecule has 1 aliphatic rings. The summed E-state index contributed by atoms with van der Waals surface area (Å²) in [6.07, 6.45) is -0.632. The van der Waals surface area contributed by atoms with Gasteiger partial charge in [0, 0.05) is 11.9 Å². The topological polar surface area (TPSA) is 95.8 Å². The maximum Gasteiger partial charge on any atom is 0.216 e. The van der Waals surface area contributed by atoms with E-state index in [0.29, 0.717) is 11.3 Å². The third-order valence-electron chi connectivity index (χ3n) is 5.43. The summed E-state index contributed by atoms with van der Waals surface area (Å²) in [5, 5.41) is 10.4. The second-order valence-electron chi connectivity index (χ2n) is 8.50. The van der Waals surface area contributed by atoms with Crippen molar-refractivity contribution in [1.29, 1.82) is 0 Å². The number of benzene rings is 1. The Morgan fingerprint density at radius 1 is 1.15 bits per heavy atom.